The molecule has 5 heteroatoms. The average molecular weight is 475 g/mol. The maximum absolute atomic E-state index is 5.97. The zero-order valence-corrected chi connectivity index (χ0v) is 17.3. The Balaban J connectivity index is 1.78. The lowest BCUT2D eigenvalue weighted by Gasteiger charge is -2.13. The summed E-state index contributed by atoms with van der Waals surface area (Å²) < 4.78 is 13.3. The van der Waals surface area contributed by atoms with Crippen molar-refractivity contribution < 1.29 is 9.47 Å². The second kappa shape index (κ2) is 9.01. The predicted molar refractivity (Wildman–Crippen MR) is 113 cm³/mol. The fourth-order valence-corrected chi connectivity index (χ4v) is 3.19. The van der Waals surface area contributed by atoms with Crippen molar-refractivity contribution >= 4 is 43.8 Å². The molecule has 0 N–H and O–H groups in total. The van der Waals surface area contributed by atoms with E-state index in [1.54, 1.807) is 13.3 Å². The van der Waals surface area contributed by atoms with E-state index in [0.29, 0.717) is 18.1 Å². The summed E-state index contributed by atoms with van der Waals surface area (Å²) >= 11 is 7.01. The summed E-state index contributed by atoms with van der Waals surface area (Å²) in [5.74, 6) is 1.33. The van der Waals surface area contributed by atoms with Crippen LogP contribution in [0.1, 0.15) is 11.1 Å². The Morgan fingerprint density at radius 3 is 2.38 bits per heavy atom. The summed E-state index contributed by atoms with van der Waals surface area (Å²) in [6.07, 6.45) is 1.81. The van der Waals surface area contributed by atoms with Crippen LogP contribution < -0.4 is 9.47 Å². The average Bonchev–Trinajstić information content (AvgIpc) is 2.67. The normalized spacial score (nSPS) is 10.9. The SMILES string of the molecule is COc1cc(C=Nc2ccccc2)cc(Br)c1OCc1ccc(Br)cc1. The Kier molecular flexibility index (Phi) is 6.47. The van der Waals surface area contributed by atoms with Gasteiger partial charge in [-0.1, -0.05) is 46.3 Å². The summed E-state index contributed by atoms with van der Waals surface area (Å²) in [5.41, 5.74) is 2.91. The largest absolute Gasteiger partial charge is 0.493 e. The first kappa shape index (κ1) is 18.7. The van der Waals surface area contributed by atoms with Crippen LogP contribution in [0.3, 0.4) is 0 Å². The van der Waals surface area contributed by atoms with Crippen molar-refractivity contribution in [1.82, 2.24) is 0 Å². The van der Waals surface area contributed by atoms with E-state index in [2.05, 4.69) is 36.9 Å². The zero-order chi connectivity index (χ0) is 18.4. The number of rotatable bonds is 6. The molecule has 3 nitrogen and oxygen atoms in total. The van der Waals surface area contributed by atoms with Crippen LogP contribution in [0.4, 0.5) is 5.69 Å². The summed E-state index contributed by atoms with van der Waals surface area (Å²) in [5, 5.41) is 0. The minimum atomic E-state index is 0.458. The molecule has 0 spiro atoms. The third-order valence-corrected chi connectivity index (χ3v) is 4.78. The lowest BCUT2D eigenvalue weighted by molar-refractivity contribution is 0.282. The van der Waals surface area contributed by atoms with Crippen molar-refractivity contribution in [3.05, 3.63) is 86.8 Å². The van der Waals surface area contributed by atoms with Gasteiger partial charge in [-0.25, -0.2) is 0 Å². The van der Waals surface area contributed by atoms with Gasteiger partial charge in [0.05, 0.1) is 17.3 Å². The van der Waals surface area contributed by atoms with Crippen LogP contribution >= 0.6 is 31.9 Å². The quantitative estimate of drug-likeness (QED) is 0.379. The first-order chi connectivity index (χ1) is 12.7. The summed E-state index contributed by atoms with van der Waals surface area (Å²) in [6.45, 7) is 0.458. The number of hydrogen-bond acceptors (Lipinski definition) is 3. The fourth-order valence-electron chi connectivity index (χ4n) is 2.35. The molecule has 3 rings (SSSR count). The molecule has 3 aromatic rings. The Bertz CT molecular complexity index is 894. The van der Waals surface area contributed by atoms with Gasteiger partial charge in [0.1, 0.15) is 6.61 Å². The first-order valence-electron chi connectivity index (χ1n) is 7.99. The maximum Gasteiger partial charge on any atom is 0.175 e. The lowest BCUT2D eigenvalue weighted by Crippen LogP contribution is -1.99. The van der Waals surface area contributed by atoms with E-state index in [1.165, 1.54) is 0 Å². The highest BCUT2D eigenvalue weighted by atomic mass is 79.9. The summed E-state index contributed by atoms with van der Waals surface area (Å²) in [6, 6.07) is 21.7. The number of hydrogen-bond donors (Lipinski definition) is 0. The molecule has 0 aromatic heterocycles. The second-order valence-corrected chi connectivity index (χ2v) is 7.31. The summed E-state index contributed by atoms with van der Waals surface area (Å²) in [4.78, 5) is 4.48. The van der Waals surface area contributed by atoms with E-state index in [0.717, 1.165) is 25.8 Å². The van der Waals surface area contributed by atoms with Gasteiger partial charge in [-0.05, 0) is 63.5 Å². The molecule has 0 amide bonds. The highest BCUT2D eigenvalue weighted by Gasteiger charge is 2.11. The minimum absolute atomic E-state index is 0.458. The number of ether oxygens (including phenoxy) is 2. The Hall–Kier alpha value is -2.11. The van der Waals surface area contributed by atoms with E-state index < -0.39 is 0 Å². The predicted octanol–water partition coefficient (Wildman–Crippen LogP) is 6.55. The number of aliphatic imine (C=N–C) groups is 1. The van der Waals surface area contributed by atoms with Crippen molar-refractivity contribution in [3.8, 4) is 11.5 Å². The molecule has 0 radical (unpaired) electrons. The van der Waals surface area contributed by atoms with Crippen LogP contribution in [0.15, 0.2) is 80.7 Å². The topological polar surface area (TPSA) is 30.8 Å². The molecular formula is C21H17Br2NO2. The van der Waals surface area contributed by atoms with Gasteiger partial charge in [-0.2, -0.15) is 0 Å². The first-order valence-corrected chi connectivity index (χ1v) is 9.58. The maximum atomic E-state index is 5.97. The van der Waals surface area contributed by atoms with Gasteiger partial charge in [-0.3, -0.25) is 4.99 Å². The van der Waals surface area contributed by atoms with Gasteiger partial charge in [0, 0.05) is 10.7 Å². The van der Waals surface area contributed by atoms with E-state index in [-0.39, 0.29) is 0 Å². The molecule has 0 saturated heterocycles. The molecule has 0 aliphatic rings. The van der Waals surface area contributed by atoms with Crippen molar-refractivity contribution in [2.24, 2.45) is 4.99 Å². The third kappa shape index (κ3) is 4.96. The van der Waals surface area contributed by atoms with Gasteiger partial charge in [0.2, 0.25) is 0 Å². The smallest absolute Gasteiger partial charge is 0.175 e. The molecule has 0 unspecified atom stereocenters. The van der Waals surface area contributed by atoms with Gasteiger partial charge >= 0.3 is 0 Å². The molecule has 0 aliphatic carbocycles. The molecule has 0 saturated carbocycles. The second-order valence-electron chi connectivity index (χ2n) is 5.54. The molecule has 0 bridgehead atoms. The molecule has 132 valence electrons. The third-order valence-electron chi connectivity index (χ3n) is 3.67. The van der Waals surface area contributed by atoms with Crippen LogP contribution in [-0.2, 0) is 6.61 Å². The number of para-hydroxylation sites is 1. The van der Waals surface area contributed by atoms with E-state index in [1.807, 2.05) is 66.7 Å². The van der Waals surface area contributed by atoms with Crippen molar-refractivity contribution in [1.29, 1.82) is 0 Å². The van der Waals surface area contributed by atoms with Crippen LogP contribution in [0.25, 0.3) is 0 Å². The Morgan fingerprint density at radius 2 is 1.69 bits per heavy atom. The van der Waals surface area contributed by atoms with E-state index in [4.69, 9.17) is 9.47 Å². The molecule has 0 atom stereocenters. The van der Waals surface area contributed by atoms with Crippen LogP contribution in [0.2, 0.25) is 0 Å². The van der Waals surface area contributed by atoms with Gasteiger partial charge in [0.25, 0.3) is 0 Å². The molecular weight excluding hydrogens is 458 g/mol. The van der Waals surface area contributed by atoms with E-state index >= 15 is 0 Å². The molecule has 0 fully saturated rings. The molecule has 3 aromatic carbocycles. The number of nitrogens with zero attached hydrogens (tertiary/aromatic N) is 1. The lowest BCUT2D eigenvalue weighted by atomic mass is 10.2. The molecule has 0 aliphatic heterocycles. The van der Waals surface area contributed by atoms with Gasteiger partial charge < -0.3 is 9.47 Å². The molecule has 26 heavy (non-hydrogen) atoms. The fraction of sp³-hybridized carbons (Fsp3) is 0.0952. The highest BCUT2D eigenvalue weighted by Crippen LogP contribution is 2.37. The zero-order valence-electron chi connectivity index (χ0n) is 14.2. The van der Waals surface area contributed by atoms with Crippen LogP contribution in [-0.4, -0.2) is 13.3 Å². The van der Waals surface area contributed by atoms with Gasteiger partial charge in [-0.15, -0.1) is 0 Å². The van der Waals surface area contributed by atoms with Gasteiger partial charge in [0.15, 0.2) is 11.5 Å². The number of methoxy groups -OCH3 is 1. The van der Waals surface area contributed by atoms with Crippen molar-refractivity contribution in [2.45, 2.75) is 6.61 Å². The van der Waals surface area contributed by atoms with Crippen LogP contribution in [0, 0.1) is 0 Å². The number of halogens is 2. The number of benzene rings is 3. The molecule has 0 heterocycles. The van der Waals surface area contributed by atoms with Crippen molar-refractivity contribution in [3.63, 3.8) is 0 Å². The monoisotopic (exact) mass is 473 g/mol. The summed E-state index contributed by atoms with van der Waals surface area (Å²) in [7, 11) is 1.63. The van der Waals surface area contributed by atoms with Crippen molar-refractivity contribution in [2.75, 3.05) is 7.11 Å². The minimum Gasteiger partial charge on any atom is -0.493 e. The Morgan fingerprint density at radius 1 is 0.962 bits per heavy atom. The standard InChI is InChI=1S/C21H17Br2NO2/c1-25-20-12-16(13-24-18-5-3-2-4-6-18)11-19(23)21(20)26-14-15-7-9-17(22)10-8-15/h2-13H,14H2,1H3. The Labute approximate surface area is 169 Å². The van der Waals surface area contributed by atoms with Crippen LogP contribution in [0.5, 0.6) is 11.5 Å². The van der Waals surface area contributed by atoms with E-state index in [9.17, 15) is 0 Å². The highest BCUT2D eigenvalue weighted by molar-refractivity contribution is 9.10.